The summed E-state index contributed by atoms with van der Waals surface area (Å²) in [6.45, 7) is 14.8. The number of carbonyl (C=O) groups excluding carboxylic acids is 2. The van der Waals surface area contributed by atoms with Crippen LogP contribution in [0.3, 0.4) is 0 Å². The minimum Gasteiger partial charge on any atom is -0.338 e. The van der Waals surface area contributed by atoms with Gasteiger partial charge < -0.3 is 14.7 Å². The molecular formula is C31H44FN3O2. The Labute approximate surface area is 222 Å². The van der Waals surface area contributed by atoms with Gasteiger partial charge in [0.25, 0.3) is 0 Å². The molecule has 0 aromatic heterocycles. The predicted octanol–water partition coefficient (Wildman–Crippen LogP) is 5.84. The lowest BCUT2D eigenvalue weighted by molar-refractivity contribution is -0.131. The summed E-state index contributed by atoms with van der Waals surface area (Å²) in [4.78, 5) is 33.0. The van der Waals surface area contributed by atoms with E-state index in [-0.39, 0.29) is 30.1 Å². The zero-order chi connectivity index (χ0) is 26.9. The molecule has 3 rings (SSSR count). The van der Waals surface area contributed by atoms with Crippen LogP contribution in [0.2, 0.25) is 0 Å². The maximum absolute atomic E-state index is 14.5. The smallest absolute Gasteiger partial charge is 0.227 e. The first-order valence-electron chi connectivity index (χ1n) is 13.8. The van der Waals surface area contributed by atoms with E-state index in [4.69, 9.17) is 0 Å². The Hall–Kier alpha value is -2.73. The minimum atomic E-state index is -0.351. The number of halogens is 1. The fourth-order valence-corrected chi connectivity index (χ4v) is 5.14. The van der Waals surface area contributed by atoms with E-state index >= 15 is 0 Å². The van der Waals surface area contributed by atoms with Crippen molar-refractivity contribution in [3.05, 3.63) is 65.0 Å². The van der Waals surface area contributed by atoms with Crippen LogP contribution < -0.4 is 4.90 Å². The molecule has 1 aliphatic rings. The highest BCUT2D eigenvalue weighted by Crippen LogP contribution is 2.26. The summed E-state index contributed by atoms with van der Waals surface area (Å²) in [5, 5.41) is 0. The molecule has 2 aromatic carbocycles. The topological polar surface area (TPSA) is 43.9 Å². The van der Waals surface area contributed by atoms with Gasteiger partial charge in [0.1, 0.15) is 5.82 Å². The first kappa shape index (κ1) is 28.8. The van der Waals surface area contributed by atoms with Gasteiger partial charge >= 0.3 is 0 Å². The van der Waals surface area contributed by atoms with Crippen LogP contribution in [0.1, 0.15) is 63.6 Å². The predicted molar refractivity (Wildman–Crippen MR) is 149 cm³/mol. The standard InChI is InChI=1S/C31H44FN3O2/c1-23(2)17-31(37)35-16-8-14-33(21-24(3)4)13-7-15-34(22-27-20-28(32)11-12-29(27)35)30(36)19-26-10-6-9-25(5)18-26/h6,9-12,18,20,23-24H,7-8,13-17,19,21-22H2,1-5H3. The molecule has 1 heterocycles. The maximum Gasteiger partial charge on any atom is 0.227 e. The van der Waals surface area contributed by atoms with E-state index in [1.165, 1.54) is 12.1 Å². The Kier molecular flexibility index (Phi) is 10.7. The molecule has 37 heavy (non-hydrogen) atoms. The SMILES string of the molecule is Cc1cccc(CC(=O)N2CCCN(CC(C)C)CCCN(C(=O)CC(C)C)c3ccc(F)cc3C2)c1. The molecule has 202 valence electrons. The number of hydrogen-bond acceptors (Lipinski definition) is 3. The molecule has 0 spiro atoms. The van der Waals surface area contributed by atoms with Gasteiger partial charge in [0, 0.05) is 38.3 Å². The number of nitrogens with zero attached hydrogens (tertiary/aromatic N) is 3. The summed E-state index contributed by atoms with van der Waals surface area (Å²) in [7, 11) is 0. The Bertz CT molecular complexity index is 1050. The second-order valence-corrected chi connectivity index (χ2v) is 11.3. The van der Waals surface area contributed by atoms with Gasteiger partial charge in [-0.3, -0.25) is 9.59 Å². The van der Waals surface area contributed by atoms with Crippen molar-refractivity contribution in [2.45, 2.75) is 66.8 Å². The van der Waals surface area contributed by atoms with Gasteiger partial charge in [-0.25, -0.2) is 4.39 Å². The highest BCUT2D eigenvalue weighted by molar-refractivity contribution is 5.94. The van der Waals surface area contributed by atoms with Gasteiger partial charge in [-0.2, -0.15) is 0 Å². The van der Waals surface area contributed by atoms with Crippen molar-refractivity contribution in [1.29, 1.82) is 0 Å². The van der Waals surface area contributed by atoms with E-state index in [9.17, 15) is 14.0 Å². The molecule has 0 N–H and O–H groups in total. The van der Waals surface area contributed by atoms with Gasteiger partial charge in [0.2, 0.25) is 11.8 Å². The summed E-state index contributed by atoms with van der Waals surface area (Å²) in [5.74, 6) is 0.481. The molecule has 0 saturated carbocycles. The number of benzene rings is 2. The average molecular weight is 510 g/mol. The molecule has 0 atom stereocenters. The average Bonchev–Trinajstić information content (AvgIpc) is 2.80. The lowest BCUT2D eigenvalue weighted by Gasteiger charge is -2.32. The largest absolute Gasteiger partial charge is 0.338 e. The van der Waals surface area contributed by atoms with Crippen LogP contribution in [0.5, 0.6) is 0 Å². The molecular weight excluding hydrogens is 465 g/mol. The molecule has 0 fully saturated rings. The Morgan fingerprint density at radius 3 is 2.30 bits per heavy atom. The molecule has 0 bridgehead atoms. The lowest BCUT2D eigenvalue weighted by atomic mass is 10.0. The number of aryl methyl sites for hydroxylation is 1. The van der Waals surface area contributed by atoms with E-state index < -0.39 is 0 Å². The van der Waals surface area contributed by atoms with Crippen LogP contribution >= 0.6 is 0 Å². The molecule has 2 aromatic rings. The van der Waals surface area contributed by atoms with Crippen LogP contribution in [0.4, 0.5) is 10.1 Å². The van der Waals surface area contributed by atoms with Gasteiger partial charge in [-0.15, -0.1) is 0 Å². The number of amides is 2. The van der Waals surface area contributed by atoms with Crippen molar-refractivity contribution in [2.75, 3.05) is 37.6 Å². The van der Waals surface area contributed by atoms with Gasteiger partial charge in [-0.1, -0.05) is 57.5 Å². The zero-order valence-corrected chi connectivity index (χ0v) is 23.3. The van der Waals surface area contributed by atoms with Crippen molar-refractivity contribution < 1.29 is 14.0 Å². The third kappa shape index (κ3) is 8.96. The molecule has 1 aliphatic heterocycles. The third-order valence-electron chi connectivity index (χ3n) is 6.75. The second kappa shape index (κ2) is 13.7. The lowest BCUT2D eigenvalue weighted by Crippen LogP contribution is -2.40. The third-order valence-corrected chi connectivity index (χ3v) is 6.75. The fourth-order valence-electron chi connectivity index (χ4n) is 5.14. The van der Waals surface area contributed by atoms with Crippen molar-refractivity contribution in [2.24, 2.45) is 11.8 Å². The van der Waals surface area contributed by atoms with Crippen molar-refractivity contribution in [3.63, 3.8) is 0 Å². The van der Waals surface area contributed by atoms with Crippen molar-refractivity contribution in [1.82, 2.24) is 9.80 Å². The van der Waals surface area contributed by atoms with E-state index in [2.05, 4.69) is 18.7 Å². The summed E-state index contributed by atoms with van der Waals surface area (Å²) < 4.78 is 14.5. The second-order valence-electron chi connectivity index (χ2n) is 11.3. The quantitative estimate of drug-likeness (QED) is 0.492. The molecule has 0 aliphatic carbocycles. The Morgan fingerprint density at radius 2 is 1.62 bits per heavy atom. The minimum absolute atomic E-state index is 0.0216. The number of fused-ring (bicyclic) bond motifs is 1. The molecule has 0 unspecified atom stereocenters. The highest BCUT2D eigenvalue weighted by atomic mass is 19.1. The van der Waals surface area contributed by atoms with Crippen LogP contribution in [0.15, 0.2) is 42.5 Å². The van der Waals surface area contributed by atoms with E-state index in [1.54, 1.807) is 6.07 Å². The van der Waals surface area contributed by atoms with Gasteiger partial charge in [0.05, 0.1) is 6.42 Å². The van der Waals surface area contributed by atoms with Crippen LogP contribution in [0.25, 0.3) is 0 Å². The Balaban J connectivity index is 1.96. The molecule has 2 amide bonds. The first-order chi connectivity index (χ1) is 17.6. The normalized spacial score (nSPS) is 15.9. The zero-order valence-electron chi connectivity index (χ0n) is 23.3. The molecule has 0 saturated heterocycles. The first-order valence-corrected chi connectivity index (χ1v) is 13.8. The summed E-state index contributed by atoms with van der Waals surface area (Å²) in [5.41, 5.74) is 3.51. The number of hydrogen-bond donors (Lipinski definition) is 0. The Morgan fingerprint density at radius 1 is 0.892 bits per heavy atom. The van der Waals surface area contributed by atoms with Gasteiger partial charge in [0.15, 0.2) is 0 Å². The number of carbonyl (C=O) groups is 2. The van der Waals surface area contributed by atoms with Crippen LogP contribution in [0, 0.1) is 24.6 Å². The van der Waals surface area contributed by atoms with E-state index in [1.807, 2.05) is 54.8 Å². The monoisotopic (exact) mass is 509 g/mol. The molecule has 0 radical (unpaired) electrons. The van der Waals surface area contributed by atoms with Crippen molar-refractivity contribution in [3.8, 4) is 0 Å². The number of anilines is 1. The van der Waals surface area contributed by atoms with Crippen LogP contribution in [-0.2, 0) is 22.6 Å². The maximum atomic E-state index is 14.5. The summed E-state index contributed by atoms with van der Waals surface area (Å²) in [6.07, 6.45) is 2.44. The van der Waals surface area contributed by atoms with Gasteiger partial charge in [-0.05, 0) is 74.0 Å². The highest BCUT2D eigenvalue weighted by Gasteiger charge is 2.24. The molecule has 6 heteroatoms. The van der Waals surface area contributed by atoms with E-state index in [0.717, 1.165) is 49.3 Å². The number of rotatable bonds is 6. The summed E-state index contributed by atoms with van der Waals surface area (Å²) >= 11 is 0. The van der Waals surface area contributed by atoms with E-state index in [0.29, 0.717) is 37.4 Å². The van der Waals surface area contributed by atoms with Crippen LogP contribution in [-0.4, -0.2) is 54.3 Å². The fraction of sp³-hybridized carbons (Fsp3) is 0.548. The van der Waals surface area contributed by atoms with Crippen molar-refractivity contribution >= 4 is 17.5 Å². The molecule has 5 nitrogen and oxygen atoms in total. The summed E-state index contributed by atoms with van der Waals surface area (Å²) in [6, 6.07) is 12.6.